The molecule has 0 spiro atoms. The summed E-state index contributed by atoms with van der Waals surface area (Å²) in [6.45, 7) is 1.70. The number of carbonyl (C=O) groups excluding carboxylic acids is 1. The van der Waals surface area contributed by atoms with Crippen molar-refractivity contribution in [3.8, 4) is 0 Å². The fourth-order valence-corrected chi connectivity index (χ4v) is 3.07. The summed E-state index contributed by atoms with van der Waals surface area (Å²) >= 11 is 6.07. The summed E-state index contributed by atoms with van der Waals surface area (Å²) in [5.74, 6) is -0.620. The van der Waals surface area contributed by atoms with Crippen LogP contribution >= 0.6 is 11.6 Å². The number of benzene rings is 2. The van der Waals surface area contributed by atoms with Crippen molar-refractivity contribution in [3.63, 3.8) is 0 Å². The Bertz CT molecular complexity index is 820. The minimum Gasteiger partial charge on any atom is -0.454 e. The minimum absolute atomic E-state index is 0.000142. The molecule has 5 nitrogen and oxygen atoms in total. The Kier molecular flexibility index (Phi) is 5.41. The maximum atomic E-state index is 12.2. The molecule has 0 saturated carbocycles. The van der Waals surface area contributed by atoms with Gasteiger partial charge < -0.3 is 4.74 Å². The van der Waals surface area contributed by atoms with Gasteiger partial charge in [0, 0.05) is 10.6 Å². The average Bonchev–Trinajstić information content (AvgIpc) is 2.55. The summed E-state index contributed by atoms with van der Waals surface area (Å²) in [7, 11) is -2.32. The Labute approximate surface area is 140 Å². The van der Waals surface area contributed by atoms with E-state index in [9.17, 15) is 13.2 Å². The summed E-state index contributed by atoms with van der Waals surface area (Å²) in [4.78, 5) is 12.2. The lowest BCUT2D eigenvalue weighted by atomic mass is 10.1. The highest BCUT2D eigenvalue weighted by molar-refractivity contribution is 7.89. The van der Waals surface area contributed by atoms with Crippen molar-refractivity contribution in [3.05, 3.63) is 64.7 Å². The monoisotopic (exact) mass is 353 g/mol. The Balaban J connectivity index is 2.22. The number of esters is 1. The third-order valence-electron chi connectivity index (χ3n) is 3.28. The first kappa shape index (κ1) is 17.5. The molecule has 1 atom stereocenters. The highest BCUT2D eigenvalue weighted by Crippen LogP contribution is 2.26. The van der Waals surface area contributed by atoms with Crippen LogP contribution < -0.4 is 4.72 Å². The molecule has 7 heteroatoms. The van der Waals surface area contributed by atoms with Crippen molar-refractivity contribution in [2.75, 3.05) is 7.05 Å². The number of halogens is 1. The lowest BCUT2D eigenvalue weighted by Crippen LogP contribution is -2.19. The van der Waals surface area contributed by atoms with E-state index in [1.807, 2.05) is 0 Å². The topological polar surface area (TPSA) is 72.5 Å². The molecule has 0 bridgehead atoms. The number of nitrogens with one attached hydrogen (secondary N) is 1. The second kappa shape index (κ2) is 7.12. The molecule has 122 valence electrons. The van der Waals surface area contributed by atoms with Gasteiger partial charge in [-0.2, -0.15) is 0 Å². The predicted octanol–water partition coefficient (Wildman–Crippen LogP) is 3.17. The molecule has 0 fully saturated rings. The van der Waals surface area contributed by atoms with Gasteiger partial charge in [0.25, 0.3) is 0 Å². The molecule has 0 saturated heterocycles. The molecule has 0 aliphatic carbocycles. The number of sulfonamides is 1. The number of carbonyl (C=O) groups is 1. The quantitative estimate of drug-likeness (QED) is 0.838. The number of ether oxygens (including phenoxy) is 1. The molecule has 0 radical (unpaired) electrons. The van der Waals surface area contributed by atoms with Crippen LogP contribution in [0.4, 0.5) is 0 Å². The second-order valence-electron chi connectivity index (χ2n) is 4.80. The van der Waals surface area contributed by atoms with E-state index < -0.39 is 22.1 Å². The van der Waals surface area contributed by atoms with Crippen LogP contribution in [0.25, 0.3) is 0 Å². The van der Waals surface area contributed by atoms with Gasteiger partial charge in [0.1, 0.15) is 6.10 Å². The average molecular weight is 354 g/mol. The molecule has 0 amide bonds. The molecule has 1 N–H and O–H groups in total. The molecule has 0 aliphatic heterocycles. The van der Waals surface area contributed by atoms with Gasteiger partial charge in [-0.3, -0.25) is 0 Å². The van der Waals surface area contributed by atoms with Gasteiger partial charge >= 0.3 is 5.97 Å². The van der Waals surface area contributed by atoms with Gasteiger partial charge in [0.15, 0.2) is 0 Å². The maximum Gasteiger partial charge on any atom is 0.338 e. The highest BCUT2D eigenvalue weighted by Gasteiger charge is 2.18. The number of hydrogen-bond donors (Lipinski definition) is 1. The summed E-state index contributed by atoms with van der Waals surface area (Å²) in [6.07, 6.45) is -0.555. The largest absolute Gasteiger partial charge is 0.454 e. The second-order valence-corrected chi connectivity index (χ2v) is 7.10. The minimum atomic E-state index is -3.62. The van der Waals surface area contributed by atoms with Crippen LogP contribution in [-0.4, -0.2) is 21.4 Å². The SMILES string of the molecule is CNS(=O)(=O)c1cccc(C(=O)O[C@@H](C)c2ccccc2Cl)c1. The predicted molar refractivity (Wildman–Crippen MR) is 88.0 cm³/mol. The summed E-state index contributed by atoms with van der Waals surface area (Å²) < 4.78 is 31.1. The number of rotatable bonds is 5. The first-order valence-corrected chi connectivity index (χ1v) is 8.70. The van der Waals surface area contributed by atoms with Crippen LogP contribution in [0, 0.1) is 0 Å². The van der Waals surface area contributed by atoms with Gasteiger partial charge in [-0.1, -0.05) is 35.9 Å². The molecule has 23 heavy (non-hydrogen) atoms. The van der Waals surface area contributed by atoms with E-state index >= 15 is 0 Å². The first-order valence-electron chi connectivity index (χ1n) is 6.84. The van der Waals surface area contributed by atoms with Crippen molar-refractivity contribution in [1.29, 1.82) is 0 Å². The third-order valence-corrected chi connectivity index (χ3v) is 5.03. The zero-order valence-corrected chi connectivity index (χ0v) is 14.2. The Morgan fingerprint density at radius 1 is 1.17 bits per heavy atom. The molecular weight excluding hydrogens is 338 g/mol. The van der Waals surface area contributed by atoms with Crippen molar-refractivity contribution in [2.45, 2.75) is 17.9 Å². The van der Waals surface area contributed by atoms with Gasteiger partial charge in [-0.05, 0) is 38.2 Å². The highest BCUT2D eigenvalue weighted by atomic mass is 35.5. The van der Waals surface area contributed by atoms with Crippen molar-refractivity contribution in [1.82, 2.24) is 4.72 Å². The Morgan fingerprint density at radius 2 is 1.87 bits per heavy atom. The van der Waals surface area contributed by atoms with Crippen LogP contribution in [-0.2, 0) is 14.8 Å². The van der Waals surface area contributed by atoms with Crippen molar-refractivity contribution in [2.24, 2.45) is 0 Å². The van der Waals surface area contributed by atoms with E-state index in [2.05, 4.69) is 4.72 Å². The smallest absolute Gasteiger partial charge is 0.338 e. The molecule has 2 aromatic rings. The van der Waals surface area contributed by atoms with Gasteiger partial charge in [-0.15, -0.1) is 0 Å². The molecule has 2 rings (SSSR count). The fraction of sp³-hybridized carbons (Fsp3) is 0.188. The normalized spacial score (nSPS) is 12.7. The van der Waals surface area contributed by atoms with E-state index in [-0.39, 0.29) is 10.5 Å². The van der Waals surface area contributed by atoms with Crippen LogP contribution in [0.15, 0.2) is 53.4 Å². The van der Waals surface area contributed by atoms with Crippen molar-refractivity contribution < 1.29 is 17.9 Å². The van der Waals surface area contributed by atoms with E-state index in [1.54, 1.807) is 31.2 Å². The zero-order chi connectivity index (χ0) is 17.0. The third kappa shape index (κ3) is 4.10. The molecule has 0 heterocycles. The molecular formula is C16H16ClNO4S. The molecule has 0 aromatic heterocycles. The van der Waals surface area contributed by atoms with Gasteiger partial charge in [0.05, 0.1) is 10.5 Å². The molecule has 0 unspecified atom stereocenters. The van der Waals surface area contributed by atoms with Crippen LogP contribution in [0.3, 0.4) is 0 Å². The lowest BCUT2D eigenvalue weighted by molar-refractivity contribution is 0.0338. The van der Waals surface area contributed by atoms with Gasteiger partial charge in [0.2, 0.25) is 10.0 Å². The molecule has 0 aliphatic rings. The fourth-order valence-electron chi connectivity index (χ4n) is 2.00. The van der Waals surface area contributed by atoms with E-state index in [0.717, 1.165) is 0 Å². The zero-order valence-electron chi connectivity index (χ0n) is 12.6. The summed E-state index contributed by atoms with van der Waals surface area (Å²) in [5.41, 5.74) is 0.835. The Morgan fingerprint density at radius 3 is 2.52 bits per heavy atom. The lowest BCUT2D eigenvalue weighted by Gasteiger charge is -2.15. The van der Waals surface area contributed by atoms with Crippen LogP contribution in [0.5, 0.6) is 0 Å². The van der Waals surface area contributed by atoms with Crippen LogP contribution in [0.1, 0.15) is 28.9 Å². The molecule has 2 aromatic carbocycles. The van der Waals surface area contributed by atoms with E-state index in [1.165, 1.54) is 31.3 Å². The Hall–Kier alpha value is -1.89. The van der Waals surface area contributed by atoms with E-state index in [0.29, 0.717) is 10.6 Å². The van der Waals surface area contributed by atoms with Gasteiger partial charge in [-0.25, -0.2) is 17.9 Å². The van der Waals surface area contributed by atoms with Crippen LogP contribution in [0.2, 0.25) is 5.02 Å². The first-order chi connectivity index (χ1) is 10.8. The standard InChI is InChI=1S/C16H16ClNO4S/c1-11(14-8-3-4-9-15(14)17)22-16(19)12-6-5-7-13(10-12)23(20,21)18-2/h3-11,18H,1-2H3/t11-/m0/s1. The maximum absolute atomic E-state index is 12.2. The van der Waals surface area contributed by atoms with E-state index in [4.69, 9.17) is 16.3 Å². The summed E-state index contributed by atoms with van der Waals surface area (Å²) in [5, 5.41) is 0.499. The van der Waals surface area contributed by atoms with Crippen molar-refractivity contribution >= 4 is 27.6 Å². The number of hydrogen-bond acceptors (Lipinski definition) is 4. The summed E-state index contributed by atoms with van der Waals surface area (Å²) in [6, 6.07) is 12.7.